The fourth-order valence-electron chi connectivity index (χ4n) is 2.80. The summed E-state index contributed by atoms with van der Waals surface area (Å²) in [5.74, 6) is 0.833. The number of carbonyl (C=O) groups is 1. The number of hydrogen-bond acceptors (Lipinski definition) is 3. The van der Waals surface area contributed by atoms with Gasteiger partial charge in [-0.05, 0) is 50.3 Å². The first kappa shape index (κ1) is 15.8. The average molecular weight is 290 g/mol. The SMILES string of the molecule is CCCOc1cccc(C(=O)N(C)C2CCC(N)CC2)c1. The van der Waals surface area contributed by atoms with Crippen molar-refractivity contribution in [1.82, 2.24) is 4.90 Å². The molecule has 0 atom stereocenters. The number of benzene rings is 1. The van der Waals surface area contributed by atoms with Crippen LogP contribution in [0.25, 0.3) is 0 Å². The van der Waals surface area contributed by atoms with Crippen LogP contribution >= 0.6 is 0 Å². The van der Waals surface area contributed by atoms with Crippen LogP contribution in [0.3, 0.4) is 0 Å². The van der Waals surface area contributed by atoms with Crippen LogP contribution in [0.5, 0.6) is 5.75 Å². The van der Waals surface area contributed by atoms with Gasteiger partial charge in [-0.3, -0.25) is 4.79 Å². The van der Waals surface area contributed by atoms with E-state index in [2.05, 4.69) is 6.92 Å². The smallest absolute Gasteiger partial charge is 0.253 e. The molecule has 1 amide bonds. The average Bonchev–Trinajstić information content (AvgIpc) is 2.52. The minimum atomic E-state index is 0.0671. The van der Waals surface area contributed by atoms with Gasteiger partial charge in [0.1, 0.15) is 5.75 Å². The van der Waals surface area contributed by atoms with Crippen molar-refractivity contribution in [2.75, 3.05) is 13.7 Å². The second-order valence-electron chi connectivity index (χ2n) is 5.86. The first-order valence-electron chi connectivity index (χ1n) is 7.87. The highest BCUT2D eigenvalue weighted by molar-refractivity contribution is 5.94. The maximum absolute atomic E-state index is 12.6. The van der Waals surface area contributed by atoms with E-state index in [1.165, 1.54) is 0 Å². The number of nitrogens with two attached hydrogens (primary N) is 1. The molecule has 0 heterocycles. The van der Waals surface area contributed by atoms with Crippen LogP contribution in [-0.4, -0.2) is 36.5 Å². The van der Waals surface area contributed by atoms with E-state index >= 15 is 0 Å². The lowest BCUT2D eigenvalue weighted by atomic mass is 9.90. The van der Waals surface area contributed by atoms with E-state index in [0.29, 0.717) is 24.3 Å². The van der Waals surface area contributed by atoms with E-state index in [0.717, 1.165) is 37.9 Å². The van der Waals surface area contributed by atoms with Gasteiger partial charge in [0.05, 0.1) is 6.61 Å². The van der Waals surface area contributed by atoms with Gasteiger partial charge in [-0.1, -0.05) is 13.0 Å². The second-order valence-corrected chi connectivity index (χ2v) is 5.86. The van der Waals surface area contributed by atoms with Crippen molar-refractivity contribution in [1.29, 1.82) is 0 Å². The van der Waals surface area contributed by atoms with Gasteiger partial charge in [0.2, 0.25) is 0 Å². The molecule has 0 unspecified atom stereocenters. The van der Waals surface area contributed by atoms with E-state index in [1.54, 1.807) is 0 Å². The summed E-state index contributed by atoms with van der Waals surface area (Å²) < 4.78 is 5.60. The topological polar surface area (TPSA) is 55.6 Å². The monoisotopic (exact) mass is 290 g/mol. The Morgan fingerprint density at radius 2 is 2.05 bits per heavy atom. The number of hydrogen-bond donors (Lipinski definition) is 1. The summed E-state index contributed by atoms with van der Waals surface area (Å²) in [6.07, 6.45) is 4.95. The summed E-state index contributed by atoms with van der Waals surface area (Å²) in [5, 5.41) is 0. The van der Waals surface area contributed by atoms with E-state index in [4.69, 9.17) is 10.5 Å². The van der Waals surface area contributed by atoms with Gasteiger partial charge >= 0.3 is 0 Å². The van der Waals surface area contributed by atoms with Gasteiger partial charge in [-0.2, -0.15) is 0 Å². The molecule has 4 nitrogen and oxygen atoms in total. The maximum Gasteiger partial charge on any atom is 0.253 e. The Bertz CT molecular complexity index is 468. The van der Waals surface area contributed by atoms with Gasteiger partial charge in [0, 0.05) is 24.7 Å². The summed E-state index contributed by atoms with van der Waals surface area (Å²) in [4.78, 5) is 14.5. The summed E-state index contributed by atoms with van der Waals surface area (Å²) >= 11 is 0. The van der Waals surface area contributed by atoms with E-state index < -0.39 is 0 Å². The molecule has 1 saturated carbocycles. The number of amides is 1. The maximum atomic E-state index is 12.6. The van der Waals surface area contributed by atoms with Crippen molar-refractivity contribution in [2.24, 2.45) is 5.73 Å². The molecule has 2 N–H and O–H groups in total. The van der Waals surface area contributed by atoms with Crippen LogP contribution in [-0.2, 0) is 0 Å². The predicted octanol–water partition coefficient (Wildman–Crippen LogP) is 2.82. The highest BCUT2D eigenvalue weighted by Gasteiger charge is 2.25. The van der Waals surface area contributed by atoms with Crippen molar-refractivity contribution < 1.29 is 9.53 Å². The first-order valence-corrected chi connectivity index (χ1v) is 7.87. The summed E-state index contributed by atoms with van der Waals surface area (Å²) in [5.41, 5.74) is 6.63. The Labute approximate surface area is 127 Å². The molecule has 21 heavy (non-hydrogen) atoms. The zero-order valence-corrected chi connectivity index (χ0v) is 13.0. The molecule has 116 valence electrons. The summed E-state index contributed by atoms with van der Waals surface area (Å²) in [6, 6.07) is 8.07. The lowest BCUT2D eigenvalue weighted by Gasteiger charge is -2.33. The molecule has 0 aliphatic heterocycles. The Hall–Kier alpha value is -1.55. The molecule has 1 aromatic carbocycles. The van der Waals surface area contributed by atoms with Crippen LogP contribution in [0.2, 0.25) is 0 Å². The third-order valence-electron chi connectivity index (χ3n) is 4.16. The Morgan fingerprint density at radius 1 is 1.33 bits per heavy atom. The van der Waals surface area contributed by atoms with Crippen LogP contribution < -0.4 is 10.5 Å². The van der Waals surface area contributed by atoms with Crippen molar-refractivity contribution in [3.8, 4) is 5.75 Å². The molecular weight excluding hydrogens is 264 g/mol. The molecule has 0 radical (unpaired) electrons. The quantitative estimate of drug-likeness (QED) is 0.907. The standard InChI is InChI=1S/C17H26N2O2/c1-3-11-21-16-6-4-5-13(12-16)17(20)19(2)15-9-7-14(18)8-10-15/h4-6,12,14-15H,3,7-11,18H2,1-2H3. The normalized spacial score (nSPS) is 21.9. The lowest BCUT2D eigenvalue weighted by molar-refractivity contribution is 0.0689. The highest BCUT2D eigenvalue weighted by Crippen LogP contribution is 2.23. The third-order valence-corrected chi connectivity index (χ3v) is 4.16. The van der Waals surface area contributed by atoms with E-state index in [9.17, 15) is 4.79 Å². The van der Waals surface area contributed by atoms with Gasteiger partial charge in [0.25, 0.3) is 5.91 Å². The zero-order valence-electron chi connectivity index (χ0n) is 13.0. The second kappa shape index (κ2) is 7.46. The molecule has 0 aromatic heterocycles. The number of nitrogens with zero attached hydrogens (tertiary/aromatic N) is 1. The minimum absolute atomic E-state index is 0.0671. The summed E-state index contributed by atoms with van der Waals surface area (Å²) in [6.45, 7) is 2.74. The molecule has 2 rings (SSSR count). The Morgan fingerprint density at radius 3 is 2.71 bits per heavy atom. The van der Waals surface area contributed by atoms with E-state index in [-0.39, 0.29) is 5.91 Å². The third kappa shape index (κ3) is 4.21. The molecular formula is C17H26N2O2. The largest absolute Gasteiger partial charge is 0.494 e. The van der Waals surface area contributed by atoms with Crippen LogP contribution in [0.15, 0.2) is 24.3 Å². The molecule has 0 spiro atoms. The van der Waals surface area contributed by atoms with Crippen molar-refractivity contribution in [3.63, 3.8) is 0 Å². The zero-order chi connectivity index (χ0) is 15.2. The van der Waals surface area contributed by atoms with Crippen LogP contribution in [0, 0.1) is 0 Å². The summed E-state index contributed by atoms with van der Waals surface area (Å²) in [7, 11) is 1.89. The van der Waals surface area contributed by atoms with Crippen molar-refractivity contribution in [3.05, 3.63) is 29.8 Å². The van der Waals surface area contributed by atoms with Gasteiger partial charge in [-0.25, -0.2) is 0 Å². The van der Waals surface area contributed by atoms with Crippen LogP contribution in [0.4, 0.5) is 0 Å². The molecule has 1 aromatic rings. The lowest BCUT2D eigenvalue weighted by Crippen LogP contribution is -2.41. The van der Waals surface area contributed by atoms with Crippen molar-refractivity contribution >= 4 is 5.91 Å². The van der Waals surface area contributed by atoms with Gasteiger partial charge in [-0.15, -0.1) is 0 Å². The highest BCUT2D eigenvalue weighted by atomic mass is 16.5. The molecule has 1 aliphatic rings. The number of carbonyl (C=O) groups excluding carboxylic acids is 1. The predicted molar refractivity (Wildman–Crippen MR) is 84.6 cm³/mol. The van der Waals surface area contributed by atoms with Gasteiger partial charge < -0.3 is 15.4 Å². The van der Waals surface area contributed by atoms with Crippen LogP contribution in [0.1, 0.15) is 49.4 Å². The molecule has 0 bridgehead atoms. The Balaban J connectivity index is 2.01. The number of rotatable bonds is 5. The fourth-order valence-corrected chi connectivity index (χ4v) is 2.80. The van der Waals surface area contributed by atoms with Crippen molar-refractivity contribution in [2.45, 2.75) is 51.1 Å². The molecule has 4 heteroatoms. The Kier molecular flexibility index (Phi) is 5.62. The number of ether oxygens (including phenoxy) is 1. The van der Waals surface area contributed by atoms with Gasteiger partial charge in [0.15, 0.2) is 0 Å². The van der Waals surface area contributed by atoms with E-state index in [1.807, 2.05) is 36.2 Å². The minimum Gasteiger partial charge on any atom is -0.494 e. The molecule has 1 aliphatic carbocycles. The first-order chi connectivity index (χ1) is 10.1. The fraction of sp³-hybridized carbons (Fsp3) is 0.588. The molecule has 0 saturated heterocycles. The molecule has 1 fully saturated rings.